The summed E-state index contributed by atoms with van der Waals surface area (Å²) in [4.78, 5) is 31.6. The van der Waals surface area contributed by atoms with E-state index < -0.39 is 5.54 Å². The van der Waals surface area contributed by atoms with Gasteiger partial charge in [0.1, 0.15) is 6.61 Å². The molecule has 2 bridgehead atoms. The van der Waals surface area contributed by atoms with Crippen LogP contribution in [0.3, 0.4) is 0 Å². The molecule has 2 saturated heterocycles. The van der Waals surface area contributed by atoms with Gasteiger partial charge in [0.05, 0.1) is 30.9 Å². The van der Waals surface area contributed by atoms with Crippen molar-refractivity contribution in [2.24, 2.45) is 0 Å². The largest absolute Gasteiger partial charge is 0.467 e. The van der Waals surface area contributed by atoms with Crippen molar-refractivity contribution < 1.29 is 23.8 Å². The second-order valence-corrected chi connectivity index (χ2v) is 8.90. The molecule has 2 unspecified atom stereocenters. The van der Waals surface area contributed by atoms with E-state index in [1.54, 1.807) is 6.20 Å². The molecule has 1 N–H and O–H groups in total. The molecule has 1 aromatic rings. The number of hydrogen-bond donors (Lipinski definition) is 1. The van der Waals surface area contributed by atoms with Crippen LogP contribution in [0.2, 0.25) is 0 Å². The summed E-state index contributed by atoms with van der Waals surface area (Å²) in [5.74, 6) is 0.704. The topological polar surface area (TPSA) is 90.0 Å². The number of carbonyl (C=O) groups excluding carboxylic acids is 2. The van der Waals surface area contributed by atoms with Crippen molar-refractivity contribution in [2.75, 3.05) is 33.0 Å². The molecule has 1 spiro atoms. The van der Waals surface area contributed by atoms with Crippen LogP contribution in [-0.2, 0) is 19.1 Å². The fraction of sp³-hybridized carbons (Fsp3) is 0.682. The Morgan fingerprint density at radius 2 is 2.03 bits per heavy atom. The first-order valence-electron chi connectivity index (χ1n) is 11.0. The van der Waals surface area contributed by atoms with Gasteiger partial charge in [0.15, 0.2) is 6.61 Å². The standard InChI is InChI=1S/C22H29N3O5/c26-19-12-28-14-22(24-19)8-2-10-25-18(22)11-29-16-6-4-15(5-7-16)17-3-1-9-23-21(17)30-13-20(25)27/h1,3,9,15-16,18H,2,4-8,10-14H2,(H,24,26)/t15-,16+,18?,22?. The average molecular weight is 415 g/mol. The van der Waals surface area contributed by atoms with Gasteiger partial charge >= 0.3 is 0 Å². The number of rotatable bonds is 0. The van der Waals surface area contributed by atoms with Crippen LogP contribution in [-0.4, -0.2) is 72.4 Å². The van der Waals surface area contributed by atoms with E-state index in [9.17, 15) is 9.59 Å². The Morgan fingerprint density at radius 1 is 1.17 bits per heavy atom. The highest BCUT2D eigenvalue weighted by Crippen LogP contribution is 2.39. The van der Waals surface area contributed by atoms with Crippen LogP contribution in [0.25, 0.3) is 0 Å². The molecule has 5 aliphatic rings. The summed E-state index contributed by atoms with van der Waals surface area (Å²) in [6.07, 6.45) is 7.41. The summed E-state index contributed by atoms with van der Waals surface area (Å²) in [5.41, 5.74) is 0.485. The smallest absolute Gasteiger partial charge is 0.260 e. The molecule has 6 rings (SSSR count). The fourth-order valence-electron chi connectivity index (χ4n) is 5.54. The highest BCUT2D eigenvalue weighted by molar-refractivity contribution is 5.81. The number of aromatic nitrogens is 1. The summed E-state index contributed by atoms with van der Waals surface area (Å²) in [5, 5.41) is 3.14. The zero-order valence-corrected chi connectivity index (χ0v) is 17.2. The number of morpholine rings is 1. The van der Waals surface area contributed by atoms with Gasteiger partial charge in [-0.3, -0.25) is 9.59 Å². The molecule has 4 aliphatic heterocycles. The maximum absolute atomic E-state index is 13.2. The first-order chi connectivity index (χ1) is 14.6. The van der Waals surface area contributed by atoms with Crippen LogP contribution in [0.4, 0.5) is 0 Å². The van der Waals surface area contributed by atoms with Gasteiger partial charge in [0.2, 0.25) is 11.8 Å². The molecule has 1 aliphatic carbocycles. The first kappa shape index (κ1) is 19.8. The minimum absolute atomic E-state index is 0.0679. The lowest BCUT2D eigenvalue weighted by molar-refractivity contribution is -0.156. The van der Waals surface area contributed by atoms with Crippen LogP contribution < -0.4 is 10.1 Å². The second kappa shape index (κ2) is 8.15. The SMILES string of the molecule is O=C1COCC2(CCCN3C(=O)COc4ncccc4[C@H]4CC[C@H](CC4)OCC32)N1. The van der Waals surface area contributed by atoms with E-state index >= 15 is 0 Å². The average Bonchev–Trinajstić information content (AvgIpc) is 2.78. The molecule has 2 atom stereocenters. The number of fused-ring (bicyclic) bond motifs is 5. The molecule has 162 valence electrons. The van der Waals surface area contributed by atoms with Gasteiger partial charge in [-0.2, -0.15) is 0 Å². The van der Waals surface area contributed by atoms with Gasteiger partial charge in [-0.05, 0) is 50.5 Å². The normalized spacial score (nSPS) is 34.7. The third kappa shape index (κ3) is 3.67. The van der Waals surface area contributed by atoms with Crippen LogP contribution in [0.15, 0.2) is 18.3 Å². The van der Waals surface area contributed by atoms with Gasteiger partial charge < -0.3 is 24.4 Å². The lowest BCUT2D eigenvalue weighted by Crippen LogP contribution is -2.72. The summed E-state index contributed by atoms with van der Waals surface area (Å²) in [6, 6.07) is 3.72. The molecule has 1 saturated carbocycles. The molecule has 0 aromatic carbocycles. The number of ether oxygens (including phenoxy) is 3. The number of hydrogen-bond acceptors (Lipinski definition) is 6. The van der Waals surface area contributed by atoms with Gasteiger partial charge in [-0.1, -0.05) is 6.07 Å². The number of amides is 2. The summed E-state index contributed by atoms with van der Waals surface area (Å²) in [6.45, 7) is 1.42. The Bertz CT molecular complexity index is 806. The molecular formula is C22H29N3O5. The predicted octanol–water partition coefficient (Wildman–Crippen LogP) is 1.39. The third-order valence-corrected chi connectivity index (χ3v) is 7.07. The molecule has 5 heterocycles. The third-order valence-electron chi connectivity index (χ3n) is 7.07. The van der Waals surface area contributed by atoms with Gasteiger partial charge in [-0.15, -0.1) is 0 Å². The number of piperidine rings is 1. The molecule has 8 heteroatoms. The zero-order chi connectivity index (χ0) is 20.6. The van der Waals surface area contributed by atoms with Crippen molar-refractivity contribution in [3.05, 3.63) is 23.9 Å². The summed E-state index contributed by atoms with van der Waals surface area (Å²) < 4.78 is 17.9. The van der Waals surface area contributed by atoms with E-state index in [0.29, 0.717) is 31.6 Å². The number of pyridine rings is 1. The molecular weight excluding hydrogens is 386 g/mol. The number of nitrogens with one attached hydrogen (secondary N) is 1. The quantitative estimate of drug-likeness (QED) is 0.689. The Labute approximate surface area is 176 Å². The Balaban J connectivity index is 1.46. The van der Waals surface area contributed by atoms with Crippen molar-refractivity contribution in [1.29, 1.82) is 0 Å². The monoisotopic (exact) mass is 415 g/mol. The lowest BCUT2D eigenvalue weighted by Gasteiger charge is -2.51. The van der Waals surface area contributed by atoms with Gasteiger partial charge in [0.25, 0.3) is 5.91 Å². The van der Waals surface area contributed by atoms with Crippen LogP contribution >= 0.6 is 0 Å². The van der Waals surface area contributed by atoms with Crippen LogP contribution in [0.5, 0.6) is 5.88 Å². The zero-order valence-electron chi connectivity index (χ0n) is 17.2. The van der Waals surface area contributed by atoms with Crippen molar-refractivity contribution in [3.8, 4) is 5.88 Å². The Kier molecular flexibility index (Phi) is 5.37. The molecule has 1 aromatic heterocycles. The Hall–Kier alpha value is -2.19. The van der Waals surface area contributed by atoms with Crippen molar-refractivity contribution in [2.45, 2.75) is 62.1 Å². The molecule has 3 fully saturated rings. The summed E-state index contributed by atoms with van der Waals surface area (Å²) >= 11 is 0. The maximum Gasteiger partial charge on any atom is 0.260 e. The minimum atomic E-state index is -0.600. The second-order valence-electron chi connectivity index (χ2n) is 8.90. The van der Waals surface area contributed by atoms with E-state index in [4.69, 9.17) is 14.2 Å². The number of nitrogens with zero attached hydrogens (tertiary/aromatic N) is 2. The molecule has 8 nitrogen and oxygen atoms in total. The van der Waals surface area contributed by atoms with E-state index in [1.807, 2.05) is 11.0 Å². The van der Waals surface area contributed by atoms with Crippen LogP contribution in [0, 0.1) is 0 Å². The van der Waals surface area contributed by atoms with Gasteiger partial charge in [0, 0.05) is 18.3 Å². The van der Waals surface area contributed by atoms with E-state index in [2.05, 4.69) is 16.4 Å². The molecule has 2 amide bonds. The number of carbonyl (C=O) groups is 2. The first-order valence-corrected chi connectivity index (χ1v) is 11.0. The van der Waals surface area contributed by atoms with Crippen molar-refractivity contribution in [1.82, 2.24) is 15.2 Å². The van der Waals surface area contributed by atoms with E-state index in [1.165, 1.54) is 0 Å². The highest BCUT2D eigenvalue weighted by atomic mass is 16.5. The van der Waals surface area contributed by atoms with Crippen LogP contribution in [0.1, 0.15) is 50.0 Å². The van der Waals surface area contributed by atoms with Crippen molar-refractivity contribution >= 4 is 11.8 Å². The summed E-state index contributed by atoms with van der Waals surface area (Å²) in [7, 11) is 0. The Morgan fingerprint density at radius 3 is 2.87 bits per heavy atom. The minimum Gasteiger partial charge on any atom is -0.467 e. The molecule has 0 radical (unpaired) electrons. The van der Waals surface area contributed by atoms with E-state index in [0.717, 1.165) is 44.1 Å². The fourth-order valence-corrected chi connectivity index (χ4v) is 5.54. The van der Waals surface area contributed by atoms with Crippen molar-refractivity contribution in [3.63, 3.8) is 0 Å². The highest BCUT2D eigenvalue weighted by Gasteiger charge is 2.49. The van der Waals surface area contributed by atoms with E-state index in [-0.39, 0.29) is 37.2 Å². The molecule has 30 heavy (non-hydrogen) atoms. The predicted molar refractivity (Wildman–Crippen MR) is 107 cm³/mol. The lowest BCUT2D eigenvalue weighted by atomic mass is 9.80. The van der Waals surface area contributed by atoms with Gasteiger partial charge in [-0.25, -0.2) is 4.98 Å². The maximum atomic E-state index is 13.2.